The Kier molecular flexibility index (Phi) is 5.05. The molecule has 0 radical (unpaired) electrons. The minimum Gasteiger partial charge on any atom is -0.311 e. The normalized spacial score (nSPS) is 17.6. The first-order chi connectivity index (χ1) is 8.54. The number of halogens is 1. The summed E-state index contributed by atoms with van der Waals surface area (Å²) in [4.78, 5) is 18.2. The molecule has 0 amide bonds. The van der Waals surface area contributed by atoms with Gasteiger partial charge in [0.2, 0.25) is 0 Å². The molecule has 4 heteroatoms. The van der Waals surface area contributed by atoms with E-state index in [1.54, 1.807) is 6.92 Å². The Morgan fingerprint density at radius 1 is 1.50 bits per heavy atom. The molecule has 1 N–H and O–H groups in total. The fourth-order valence-electron chi connectivity index (χ4n) is 2.18. The van der Waals surface area contributed by atoms with Gasteiger partial charge < -0.3 is 4.98 Å². The van der Waals surface area contributed by atoms with E-state index >= 15 is 0 Å². The van der Waals surface area contributed by atoms with E-state index in [4.69, 9.17) is 0 Å². The molecule has 1 aliphatic carbocycles. The van der Waals surface area contributed by atoms with Gasteiger partial charge in [-0.05, 0) is 37.5 Å². The third-order valence-electron chi connectivity index (χ3n) is 3.36. The smallest absolute Gasteiger partial charge is 0.251 e. The zero-order valence-corrected chi connectivity index (χ0v) is 11.7. The summed E-state index contributed by atoms with van der Waals surface area (Å²) in [7, 11) is 0. The van der Waals surface area contributed by atoms with Crippen molar-refractivity contribution in [3.05, 3.63) is 27.9 Å². The first kappa shape index (κ1) is 14.9. The van der Waals surface area contributed by atoms with Crippen molar-refractivity contribution in [3.8, 4) is 0 Å². The molecule has 0 aliphatic heterocycles. The van der Waals surface area contributed by atoms with Crippen LogP contribution in [0.2, 0.25) is 0 Å². The predicted octanol–water partition coefficient (Wildman–Crippen LogP) is 3.35. The van der Waals surface area contributed by atoms with E-state index in [1.165, 1.54) is 6.07 Å². The molecule has 0 spiro atoms. The Labute approximate surface area is 108 Å². The molecule has 18 heavy (non-hydrogen) atoms. The maximum atomic E-state index is 12.8. The van der Waals surface area contributed by atoms with E-state index in [1.807, 2.05) is 20.8 Å². The highest BCUT2D eigenvalue weighted by atomic mass is 19.1. The number of nitrogens with one attached hydrogen (secondary N) is 1. The van der Waals surface area contributed by atoms with Crippen LogP contribution in [0.15, 0.2) is 10.9 Å². The van der Waals surface area contributed by atoms with Gasteiger partial charge in [0.05, 0.1) is 12.4 Å². The zero-order chi connectivity index (χ0) is 13.8. The van der Waals surface area contributed by atoms with Gasteiger partial charge in [-0.2, -0.15) is 0 Å². The summed E-state index contributed by atoms with van der Waals surface area (Å²) in [5.74, 6) is 0.777. The highest BCUT2D eigenvalue weighted by Crippen LogP contribution is 2.52. The van der Waals surface area contributed by atoms with Crippen LogP contribution in [0, 0.1) is 12.3 Å². The van der Waals surface area contributed by atoms with Gasteiger partial charge in [0.25, 0.3) is 5.56 Å². The van der Waals surface area contributed by atoms with E-state index < -0.39 is 0 Å². The second-order valence-corrected chi connectivity index (χ2v) is 4.99. The highest BCUT2D eigenvalue weighted by Gasteiger charge is 2.43. The third-order valence-corrected chi connectivity index (χ3v) is 3.36. The van der Waals surface area contributed by atoms with E-state index in [0.717, 1.165) is 25.0 Å². The molecule has 0 saturated heterocycles. The Balaban J connectivity index is 0.000000771. The number of hydrogen-bond donors (Lipinski definition) is 1. The van der Waals surface area contributed by atoms with Gasteiger partial charge in [-0.1, -0.05) is 20.8 Å². The fourth-order valence-corrected chi connectivity index (χ4v) is 2.18. The first-order valence-electron chi connectivity index (χ1n) is 6.68. The lowest BCUT2D eigenvalue weighted by Crippen LogP contribution is -2.15. The second kappa shape index (κ2) is 6.12. The van der Waals surface area contributed by atoms with Crippen molar-refractivity contribution in [2.75, 3.05) is 6.67 Å². The first-order valence-corrected chi connectivity index (χ1v) is 6.68. The van der Waals surface area contributed by atoms with Gasteiger partial charge in [-0.3, -0.25) is 9.18 Å². The lowest BCUT2D eigenvalue weighted by molar-refractivity contribution is 0.307. The van der Waals surface area contributed by atoms with Crippen LogP contribution in [0.3, 0.4) is 0 Å². The van der Waals surface area contributed by atoms with Crippen LogP contribution in [0.25, 0.3) is 0 Å². The van der Waals surface area contributed by atoms with Crippen LogP contribution in [0.1, 0.15) is 57.5 Å². The van der Waals surface area contributed by atoms with Crippen LogP contribution >= 0.6 is 0 Å². The molecule has 0 bridgehead atoms. The number of aromatic nitrogens is 2. The van der Waals surface area contributed by atoms with Crippen molar-refractivity contribution in [3.63, 3.8) is 0 Å². The number of alkyl halides is 1. The number of H-pyrrole nitrogens is 1. The van der Waals surface area contributed by atoms with Gasteiger partial charge in [-0.15, -0.1) is 0 Å². The number of aryl methyl sites for hydroxylation is 1. The summed E-state index contributed by atoms with van der Waals surface area (Å²) >= 11 is 0. The Hall–Kier alpha value is -1.19. The molecular weight excluding hydrogens is 231 g/mol. The lowest BCUT2D eigenvalue weighted by atomic mass is 9.92. The van der Waals surface area contributed by atoms with Crippen molar-refractivity contribution >= 4 is 0 Å². The van der Waals surface area contributed by atoms with Gasteiger partial charge in [-0.25, -0.2) is 4.98 Å². The van der Waals surface area contributed by atoms with E-state index in [2.05, 4.69) is 9.97 Å². The summed E-state index contributed by atoms with van der Waals surface area (Å²) in [6.45, 7) is 7.52. The molecule has 0 aromatic carbocycles. The highest BCUT2D eigenvalue weighted by molar-refractivity contribution is 5.10. The van der Waals surface area contributed by atoms with Crippen LogP contribution < -0.4 is 5.56 Å². The van der Waals surface area contributed by atoms with Crippen molar-refractivity contribution < 1.29 is 4.39 Å². The van der Waals surface area contributed by atoms with Crippen molar-refractivity contribution in [2.45, 2.75) is 52.9 Å². The summed E-state index contributed by atoms with van der Waals surface area (Å²) in [5, 5.41) is 0. The van der Waals surface area contributed by atoms with Gasteiger partial charge in [0.15, 0.2) is 0 Å². The van der Waals surface area contributed by atoms with Crippen LogP contribution in [-0.4, -0.2) is 16.6 Å². The van der Waals surface area contributed by atoms with Gasteiger partial charge in [0, 0.05) is 6.07 Å². The second-order valence-electron chi connectivity index (χ2n) is 4.99. The molecule has 1 saturated carbocycles. The molecular formula is C14H23FN2O. The molecule has 1 fully saturated rings. The minimum absolute atomic E-state index is 0.113. The average Bonchev–Trinajstić information content (AvgIpc) is 3.11. The summed E-state index contributed by atoms with van der Waals surface area (Å²) in [6, 6.07) is 1.52. The van der Waals surface area contributed by atoms with Gasteiger partial charge in [0.1, 0.15) is 5.82 Å². The molecule has 1 unspecified atom stereocenters. The van der Waals surface area contributed by atoms with E-state index in [9.17, 15) is 9.18 Å². The maximum absolute atomic E-state index is 12.8. The Bertz CT molecular complexity index is 438. The number of hydrogen-bond acceptors (Lipinski definition) is 2. The molecule has 102 valence electrons. The van der Waals surface area contributed by atoms with Crippen LogP contribution in [0.5, 0.6) is 0 Å². The predicted molar refractivity (Wildman–Crippen MR) is 71.6 cm³/mol. The standard InChI is InChI=1S/C12H17FN2O.C2H6/c1-8(6-12(7-13)3-4-12)10-5-11(16)15-9(2)14-10;1-2/h5,8H,3-4,6-7H2,1-2H3,(H,14,15,16);1-2H3. The van der Waals surface area contributed by atoms with E-state index in [-0.39, 0.29) is 23.6 Å². The Morgan fingerprint density at radius 2 is 2.11 bits per heavy atom. The molecule has 1 atom stereocenters. The monoisotopic (exact) mass is 254 g/mol. The van der Waals surface area contributed by atoms with Crippen molar-refractivity contribution in [2.24, 2.45) is 5.41 Å². The largest absolute Gasteiger partial charge is 0.311 e. The van der Waals surface area contributed by atoms with Crippen molar-refractivity contribution in [1.82, 2.24) is 9.97 Å². The molecule has 1 heterocycles. The minimum atomic E-state index is -0.250. The molecule has 2 rings (SSSR count). The third kappa shape index (κ3) is 3.65. The lowest BCUT2D eigenvalue weighted by Gasteiger charge is -2.16. The number of aromatic amines is 1. The molecule has 1 aromatic heterocycles. The summed E-state index contributed by atoms with van der Waals surface area (Å²) < 4.78 is 12.8. The molecule has 3 nitrogen and oxygen atoms in total. The fraction of sp³-hybridized carbons (Fsp3) is 0.714. The summed E-state index contributed by atoms with van der Waals surface area (Å²) in [6.07, 6.45) is 2.73. The molecule has 1 aromatic rings. The zero-order valence-electron chi connectivity index (χ0n) is 11.7. The number of nitrogens with zero attached hydrogens (tertiary/aromatic N) is 1. The molecule has 1 aliphatic rings. The average molecular weight is 254 g/mol. The number of rotatable bonds is 4. The quantitative estimate of drug-likeness (QED) is 0.895. The van der Waals surface area contributed by atoms with Crippen LogP contribution in [0.4, 0.5) is 4.39 Å². The van der Waals surface area contributed by atoms with Crippen LogP contribution in [-0.2, 0) is 0 Å². The van der Waals surface area contributed by atoms with Gasteiger partial charge >= 0.3 is 0 Å². The summed E-state index contributed by atoms with van der Waals surface area (Å²) in [5.41, 5.74) is 0.540. The Morgan fingerprint density at radius 3 is 2.56 bits per heavy atom. The van der Waals surface area contributed by atoms with E-state index in [0.29, 0.717) is 5.82 Å². The van der Waals surface area contributed by atoms with Crippen molar-refractivity contribution in [1.29, 1.82) is 0 Å². The SMILES string of the molecule is CC.Cc1nc(C(C)CC2(CF)CC2)cc(=O)[nH]1. The maximum Gasteiger partial charge on any atom is 0.251 e. The topological polar surface area (TPSA) is 45.8 Å².